The van der Waals surface area contributed by atoms with Gasteiger partial charge in [0.05, 0.1) is 5.57 Å². The van der Waals surface area contributed by atoms with Gasteiger partial charge in [0, 0.05) is 24.1 Å². The molecule has 0 aromatic carbocycles. The summed E-state index contributed by atoms with van der Waals surface area (Å²) < 4.78 is 0. The summed E-state index contributed by atoms with van der Waals surface area (Å²) in [5.74, 6) is 0.237. The molecular formula is C15H24N4O. The summed E-state index contributed by atoms with van der Waals surface area (Å²) in [5, 5.41) is 5.82. The second-order valence-corrected chi connectivity index (χ2v) is 4.79. The number of amides is 1. The van der Waals surface area contributed by atoms with E-state index < -0.39 is 0 Å². The van der Waals surface area contributed by atoms with E-state index in [1.807, 2.05) is 6.92 Å². The first-order chi connectivity index (χ1) is 9.58. The van der Waals surface area contributed by atoms with Crippen LogP contribution in [-0.2, 0) is 4.79 Å². The molecule has 1 amide bonds. The number of hydrogen-bond donors (Lipinski definition) is 3. The summed E-state index contributed by atoms with van der Waals surface area (Å²) in [6.45, 7) is 8.48. The zero-order chi connectivity index (χ0) is 15.0. The molecule has 4 N–H and O–H groups in total. The first-order valence-corrected chi connectivity index (χ1v) is 7.01. The number of unbranched alkanes of at least 4 members (excludes halogenated alkanes) is 3. The van der Waals surface area contributed by atoms with Crippen LogP contribution in [0.2, 0.25) is 0 Å². The molecule has 0 aliphatic carbocycles. The minimum atomic E-state index is -0.210. The maximum atomic E-state index is 12.1. The number of nitrogens with two attached hydrogens (primary N) is 1. The summed E-state index contributed by atoms with van der Waals surface area (Å²) in [4.78, 5) is 16.4. The van der Waals surface area contributed by atoms with Crippen molar-refractivity contribution in [3.63, 3.8) is 0 Å². The molecule has 0 unspecified atom stereocenters. The van der Waals surface area contributed by atoms with Crippen LogP contribution in [0.15, 0.2) is 40.8 Å². The van der Waals surface area contributed by atoms with Crippen molar-refractivity contribution in [2.45, 2.75) is 39.5 Å². The number of amidine groups is 1. The number of carbonyl (C=O) groups is 1. The molecule has 1 aliphatic rings. The molecule has 1 heterocycles. The van der Waals surface area contributed by atoms with Crippen LogP contribution in [0.3, 0.4) is 0 Å². The van der Waals surface area contributed by atoms with Crippen molar-refractivity contribution in [1.82, 2.24) is 10.6 Å². The summed E-state index contributed by atoms with van der Waals surface area (Å²) in [6.07, 6.45) is 7.54. The van der Waals surface area contributed by atoms with Gasteiger partial charge in [-0.2, -0.15) is 0 Å². The van der Waals surface area contributed by atoms with Crippen LogP contribution in [0.1, 0.15) is 39.5 Å². The molecule has 0 saturated heterocycles. The van der Waals surface area contributed by atoms with Gasteiger partial charge in [-0.25, -0.2) is 4.99 Å². The van der Waals surface area contributed by atoms with E-state index in [2.05, 4.69) is 29.1 Å². The van der Waals surface area contributed by atoms with Crippen molar-refractivity contribution in [3.05, 3.63) is 35.8 Å². The maximum absolute atomic E-state index is 12.1. The van der Waals surface area contributed by atoms with Crippen LogP contribution in [0.25, 0.3) is 0 Å². The SMILES string of the molecule is C=C1C=C(C)N=C(C(=CN)C(=O)NCCCCCC)N1. The zero-order valence-corrected chi connectivity index (χ0v) is 12.3. The Morgan fingerprint density at radius 1 is 1.50 bits per heavy atom. The van der Waals surface area contributed by atoms with Crippen molar-refractivity contribution < 1.29 is 4.79 Å². The molecule has 0 fully saturated rings. The van der Waals surface area contributed by atoms with Gasteiger partial charge in [-0.1, -0.05) is 32.8 Å². The minimum Gasteiger partial charge on any atom is -0.404 e. The highest BCUT2D eigenvalue weighted by atomic mass is 16.1. The third-order valence-electron chi connectivity index (χ3n) is 2.93. The Bertz CT molecular complexity index is 460. The van der Waals surface area contributed by atoms with Gasteiger partial charge < -0.3 is 16.4 Å². The first kappa shape index (κ1) is 16.0. The summed E-state index contributed by atoms with van der Waals surface area (Å²) in [6, 6.07) is 0. The largest absolute Gasteiger partial charge is 0.404 e. The fourth-order valence-electron chi connectivity index (χ4n) is 1.92. The van der Waals surface area contributed by atoms with Gasteiger partial charge in [0.2, 0.25) is 0 Å². The molecule has 0 aromatic heterocycles. The van der Waals surface area contributed by atoms with Gasteiger partial charge in [-0.05, 0) is 19.4 Å². The van der Waals surface area contributed by atoms with Gasteiger partial charge in [-0.3, -0.25) is 4.79 Å². The smallest absolute Gasteiger partial charge is 0.256 e. The summed E-state index contributed by atoms with van der Waals surface area (Å²) >= 11 is 0. The molecule has 0 saturated carbocycles. The molecule has 5 nitrogen and oxygen atoms in total. The standard InChI is InChI=1S/C15H24N4O/c1-4-5-6-7-8-17-15(20)13(10-16)14-18-11(2)9-12(3)19-14/h9-10H,2,4-8,16H2,1,3H3,(H,17,20)(H,18,19). The highest BCUT2D eigenvalue weighted by Crippen LogP contribution is 2.10. The van der Waals surface area contributed by atoms with Gasteiger partial charge in [0.1, 0.15) is 5.84 Å². The lowest BCUT2D eigenvalue weighted by Gasteiger charge is -2.17. The third-order valence-corrected chi connectivity index (χ3v) is 2.93. The fourth-order valence-corrected chi connectivity index (χ4v) is 1.92. The molecule has 1 rings (SSSR count). The fraction of sp³-hybridized carbons (Fsp3) is 0.467. The zero-order valence-electron chi connectivity index (χ0n) is 12.3. The van der Waals surface area contributed by atoms with E-state index in [1.54, 1.807) is 6.08 Å². The Labute approximate surface area is 120 Å². The predicted octanol–water partition coefficient (Wildman–Crippen LogP) is 1.94. The lowest BCUT2D eigenvalue weighted by molar-refractivity contribution is -0.117. The molecule has 20 heavy (non-hydrogen) atoms. The quantitative estimate of drug-likeness (QED) is 0.491. The van der Waals surface area contributed by atoms with Crippen LogP contribution in [0, 0.1) is 0 Å². The monoisotopic (exact) mass is 276 g/mol. The molecule has 0 atom stereocenters. The average Bonchev–Trinajstić information content (AvgIpc) is 2.38. The summed E-state index contributed by atoms with van der Waals surface area (Å²) in [7, 11) is 0. The van der Waals surface area contributed by atoms with Crippen LogP contribution in [0.4, 0.5) is 0 Å². The van der Waals surface area contributed by atoms with Crippen LogP contribution < -0.4 is 16.4 Å². The van der Waals surface area contributed by atoms with Gasteiger partial charge >= 0.3 is 0 Å². The maximum Gasteiger partial charge on any atom is 0.256 e. The number of hydrogen-bond acceptors (Lipinski definition) is 4. The molecule has 0 bridgehead atoms. The number of allylic oxidation sites excluding steroid dienone is 2. The lowest BCUT2D eigenvalue weighted by Crippen LogP contribution is -2.36. The minimum absolute atomic E-state index is 0.210. The van der Waals surface area contributed by atoms with E-state index in [4.69, 9.17) is 5.73 Å². The first-order valence-electron chi connectivity index (χ1n) is 7.01. The lowest BCUT2D eigenvalue weighted by atomic mass is 10.1. The van der Waals surface area contributed by atoms with E-state index in [9.17, 15) is 4.79 Å². The molecule has 1 aliphatic heterocycles. The van der Waals surface area contributed by atoms with Crippen LogP contribution >= 0.6 is 0 Å². The van der Waals surface area contributed by atoms with Gasteiger partial charge in [0.15, 0.2) is 0 Å². The van der Waals surface area contributed by atoms with Crippen molar-refractivity contribution in [1.29, 1.82) is 0 Å². The van der Waals surface area contributed by atoms with E-state index >= 15 is 0 Å². The average molecular weight is 276 g/mol. The predicted molar refractivity (Wildman–Crippen MR) is 82.9 cm³/mol. The number of nitrogens with zero attached hydrogens (tertiary/aromatic N) is 1. The Kier molecular flexibility index (Phi) is 6.56. The third kappa shape index (κ3) is 4.91. The second kappa shape index (κ2) is 8.19. The van der Waals surface area contributed by atoms with E-state index in [0.29, 0.717) is 23.7 Å². The van der Waals surface area contributed by atoms with Crippen LogP contribution in [-0.4, -0.2) is 18.3 Å². The molecule has 5 heteroatoms. The molecule has 0 radical (unpaired) electrons. The Morgan fingerprint density at radius 3 is 2.85 bits per heavy atom. The van der Waals surface area contributed by atoms with E-state index in [-0.39, 0.29) is 5.91 Å². The Hall–Kier alpha value is -2.04. The number of rotatable bonds is 7. The topological polar surface area (TPSA) is 79.5 Å². The van der Waals surface area contributed by atoms with Crippen LogP contribution in [0.5, 0.6) is 0 Å². The Morgan fingerprint density at radius 2 is 2.25 bits per heavy atom. The van der Waals surface area contributed by atoms with E-state index in [1.165, 1.54) is 19.0 Å². The number of aliphatic imine (C=N–C) groups is 1. The highest BCUT2D eigenvalue weighted by Gasteiger charge is 2.18. The van der Waals surface area contributed by atoms with Crippen molar-refractivity contribution >= 4 is 11.7 Å². The van der Waals surface area contributed by atoms with Crippen molar-refractivity contribution in [2.75, 3.05) is 6.54 Å². The number of nitrogens with one attached hydrogen (secondary N) is 2. The van der Waals surface area contributed by atoms with Crippen molar-refractivity contribution in [3.8, 4) is 0 Å². The number of carbonyl (C=O) groups excluding carboxylic acids is 1. The Balaban J connectivity index is 2.56. The molecule has 0 spiro atoms. The molecular weight excluding hydrogens is 252 g/mol. The highest BCUT2D eigenvalue weighted by molar-refractivity contribution is 6.21. The summed E-state index contributed by atoms with van der Waals surface area (Å²) in [5.41, 5.74) is 7.38. The molecule has 0 aromatic rings. The van der Waals surface area contributed by atoms with Gasteiger partial charge in [-0.15, -0.1) is 0 Å². The second-order valence-electron chi connectivity index (χ2n) is 4.79. The molecule has 110 valence electrons. The van der Waals surface area contributed by atoms with Gasteiger partial charge in [0.25, 0.3) is 5.91 Å². The normalized spacial score (nSPS) is 15.3. The van der Waals surface area contributed by atoms with E-state index in [0.717, 1.165) is 18.5 Å². The van der Waals surface area contributed by atoms with Crippen molar-refractivity contribution in [2.24, 2.45) is 10.7 Å².